The Bertz CT molecular complexity index is 520. The van der Waals surface area contributed by atoms with Crippen molar-refractivity contribution in [3.63, 3.8) is 0 Å². The standard InChI is InChI=1S/C12H11F13O2/c1-3-5(2)6(26)27-4-7(13,14)9(16,17)10(18,19)8(15,11(20,21)22)12(23,24)25/h5H,3-4H2,1-2H3. The Kier molecular flexibility index (Phi) is 6.80. The van der Waals surface area contributed by atoms with E-state index in [0.29, 0.717) is 0 Å². The molecule has 0 aromatic rings. The number of carbonyl (C=O) groups is 1. The first-order valence-electron chi connectivity index (χ1n) is 6.74. The molecule has 0 heterocycles. The monoisotopic (exact) mass is 434 g/mol. The zero-order valence-corrected chi connectivity index (χ0v) is 13.2. The minimum absolute atomic E-state index is 0.118. The van der Waals surface area contributed by atoms with Gasteiger partial charge in [0, 0.05) is 0 Å². The first-order chi connectivity index (χ1) is 11.6. The van der Waals surface area contributed by atoms with Crippen LogP contribution in [0.2, 0.25) is 0 Å². The van der Waals surface area contributed by atoms with Gasteiger partial charge in [-0.05, 0) is 6.42 Å². The van der Waals surface area contributed by atoms with Crippen molar-refractivity contribution in [3.05, 3.63) is 0 Å². The highest BCUT2D eigenvalue weighted by atomic mass is 19.4. The van der Waals surface area contributed by atoms with Gasteiger partial charge < -0.3 is 4.74 Å². The number of esters is 1. The Hall–Kier alpha value is -1.44. The van der Waals surface area contributed by atoms with Gasteiger partial charge in [0.2, 0.25) is 0 Å². The fourth-order valence-electron chi connectivity index (χ4n) is 1.52. The second-order valence-corrected chi connectivity index (χ2v) is 5.42. The summed E-state index contributed by atoms with van der Waals surface area (Å²) < 4.78 is 170. The van der Waals surface area contributed by atoms with Gasteiger partial charge in [-0.15, -0.1) is 0 Å². The van der Waals surface area contributed by atoms with E-state index in [0.717, 1.165) is 6.92 Å². The Morgan fingerprint density at radius 2 is 1.15 bits per heavy atom. The van der Waals surface area contributed by atoms with Gasteiger partial charge in [0.05, 0.1) is 5.92 Å². The molecule has 0 aliphatic rings. The maximum absolute atomic E-state index is 13.3. The second-order valence-electron chi connectivity index (χ2n) is 5.42. The van der Waals surface area contributed by atoms with Gasteiger partial charge in [0.25, 0.3) is 0 Å². The summed E-state index contributed by atoms with van der Waals surface area (Å²) in [6.45, 7) is -0.728. The van der Waals surface area contributed by atoms with Gasteiger partial charge in [0.15, 0.2) is 6.61 Å². The lowest BCUT2D eigenvalue weighted by molar-refractivity contribution is -0.445. The molecule has 162 valence electrons. The van der Waals surface area contributed by atoms with Crippen LogP contribution in [0.15, 0.2) is 0 Å². The number of ether oxygens (including phenoxy) is 1. The number of halogens is 13. The number of alkyl halides is 13. The summed E-state index contributed by atoms with van der Waals surface area (Å²) in [5, 5.41) is 0. The third-order valence-electron chi connectivity index (χ3n) is 3.48. The Morgan fingerprint density at radius 3 is 1.44 bits per heavy atom. The van der Waals surface area contributed by atoms with Crippen LogP contribution in [0.4, 0.5) is 57.1 Å². The van der Waals surface area contributed by atoms with Gasteiger partial charge in [0.1, 0.15) is 0 Å². The van der Waals surface area contributed by atoms with E-state index in [1.165, 1.54) is 6.92 Å². The molecule has 2 nitrogen and oxygen atoms in total. The van der Waals surface area contributed by atoms with Crippen LogP contribution in [0.3, 0.4) is 0 Å². The molecular formula is C12H11F13O2. The van der Waals surface area contributed by atoms with Crippen molar-refractivity contribution < 1.29 is 66.6 Å². The predicted molar refractivity (Wildman–Crippen MR) is 61.2 cm³/mol. The highest BCUT2D eigenvalue weighted by Gasteiger charge is 2.93. The number of hydrogen-bond donors (Lipinski definition) is 0. The van der Waals surface area contributed by atoms with Crippen LogP contribution in [-0.4, -0.2) is 48.4 Å². The van der Waals surface area contributed by atoms with Gasteiger partial charge in [-0.1, -0.05) is 13.8 Å². The molecule has 27 heavy (non-hydrogen) atoms. The summed E-state index contributed by atoms with van der Waals surface area (Å²) in [5.41, 5.74) is -8.01. The molecule has 0 aromatic carbocycles. The van der Waals surface area contributed by atoms with Gasteiger partial charge in [-0.25, -0.2) is 4.39 Å². The number of hydrogen-bond acceptors (Lipinski definition) is 2. The van der Waals surface area contributed by atoms with E-state index >= 15 is 0 Å². The smallest absolute Gasteiger partial charge is 0.438 e. The SMILES string of the molecule is CCC(C)C(=O)OCC(F)(F)C(F)(F)C(F)(F)C(F)(C(F)(F)F)C(F)(F)F. The zero-order valence-electron chi connectivity index (χ0n) is 13.2. The Morgan fingerprint density at radius 1 is 0.778 bits per heavy atom. The molecule has 0 N–H and O–H groups in total. The molecule has 0 bridgehead atoms. The third kappa shape index (κ3) is 4.05. The molecule has 15 heteroatoms. The molecule has 0 saturated heterocycles. The molecule has 0 amide bonds. The van der Waals surface area contributed by atoms with Crippen LogP contribution in [0.1, 0.15) is 20.3 Å². The van der Waals surface area contributed by atoms with Crippen LogP contribution in [0.5, 0.6) is 0 Å². The largest absolute Gasteiger partial charge is 0.459 e. The molecule has 1 atom stereocenters. The van der Waals surface area contributed by atoms with E-state index in [-0.39, 0.29) is 6.42 Å². The maximum Gasteiger partial charge on any atom is 0.438 e. The van der Waals surface area contributed by atoms with E-state index in [1.807, 2.05) is 0 Å². The van der Waals surface area contributed by atoms with Crippen LogP contribution in [0, 0.1) is 5.92 Å². The molecule has 0 aromatic heterocycles. The average molecular weight is 434 g/mol. The highest BCUT2D eigenvalue weighted by molar-refractivity contribution is 5.71. The first kappa shape index (κ1) is 25.6. The van der Waals surface area contributed by atoms with Crippen molar-refractivity contribution in [2.24, 2.45) is 5.92 Å². The van der Waals surface area contributed by atoms with E-state index < -0.39 is 54.3 Å². The lowest BCUT2D eigenvalue weighted by Gasteiger charge is -2.41. The topological polar surface area (TPSA) is 26.3 Å². The molecule has 0 spiro atoms. The van der Waals surface area contributed by atoms with Crippen LogP contribution in [0.25, 0.3) is 0 Å². The van der Waals surface area contributed by atoms with Gasteiger partial charge >= 0.3 is 41.8 Å². The fraction of sp³-hybridized carbons (Fsp3) is 0.917. The Labute approximate surface area is 142 Å². The predicted octanol–water partition coefficient (Wildman–Crippen LogP) is 5.31. The molecule has 0 aliphatic carbocycles. The second kappa shape index (κ2) is 7.18. The van der Waals surface area contributed by atoms with Crippen molar-refractivity contribution in [1.29, 1.82) is 0 Å². The molecule has 0 aliphatic heterocycles. The number of carbonyl (C=O) groups excluding carboxylic acids is 1. The summed E-state index contributed by atoms with van der Waals surface area (Å²) in [6, 6.07) is 0. The molecular weight excluding hydrogens is 423 g/mol. The Balaban J connectivity index is 6.10. The summed E-state index contributed by atoms with van der Waals surface area (Å²) in [7, 11) is 0. The highest BCUT2D eigenvalue weighted by Crippen LogP contribution is 2.61. The van der Waals surface area contributed by atoms with E-state index in [4.69, 9.17) is 0 Å². The summed E-state index contributed by atoms with van der Waals surface area (Å²) in [5.74, 6) is -24.9. The summed E-state index contributed by atoms with van der Waals surface area (Å²) >= 11 is 0. The third-order valence-corrected chi connectivity index (χ3v) is 3.48. The first-order valence-corrected chi connectivity index (χ1v) is 6.74. The quantitative estimate of drug-likeness (QED) is 0.401. The minimum Gasteiger partial charge on any atom is -0.459 e. The van der Waals surface area contributed by atoms with E-state index in [9.17, 15) is 61.9 Å². The van der Waals surface area contributed by atoms with Crippen molar-refractivity contribution in [1.82, 2.24) is 0 Å². The molecule has 1 unspecified atom stereocenters. The van der Waals surface area contributed by atoms with Crippen molar-refractivity contribution in [3.8, 4) is 0 Å². The lowest BCUT2D eigenvalue weighted by atomic mass is 9.88. The van der Waals surface area contributed by atoms with E-state index in [1.54, 1.807) is 0 Å². The van der Waals surface area contributed by atoms with Gasteiger partial charge in [-0.3, -0.25) is 4.79 Å². The molecule has 0 radical (unpaired) electrons. The van der Waals surface area contributed by atoms with E-state index in [2.05, 4.69) is 4.74 Å². The average Bonchev–Trinajstić information content (AvgIpc) is 2.48. The van der Waals surface area contributed by atoms with Crippen molar-refractivity contribution >= 4 is 5.97 Å². The minimum atomic E-state index is -8.01. The number of rotatable bonds is 7. The molecule has 0 fully saturated rings. The van der Waals surface area contributed by atoms with Crippen LogP contribution in [-0.2, 0) is 9.53 Å². The van der Waals surface area contributed by atoms with Crippen molar-refractivity contribution in [2.75, 3.05) is 6.61 Å². The van der Waals surface area contributed by atoms with Gasteiger partial charge in [-0.2, -0.15) is 52.7 Å². The summed E-state index contributed by atoms with van der Waals surface area (Å²) in [6.07, 6.45) is -15.6. The molecule has 0 saturated carbocycles. The van der Waals surface area contributed by atoms with Crippen LogP contribution < -0.4 is 0 Å². The normalized spacial score (nSPS) is 16.3. The fourth-order valence-corrected chi connectivity index (χ4v) is 1.52. The lowest BCUT2D eigenvalue weighted by Crippen LogP contribution is -2.73. The van der Waals surface area contributed by atoms with Crippen LogP contribution >= 0.6 is 0 Å². The molecule has 0 rings (SSSR count). The maximum atomic E-state index is 13.3. The zero-order chi connectivity index (χ0) is 22.3. The van der Waals surface area contributed by atoms with Crippen molar-refractivity contribution in [2.45, 2.75) is 56.1 Å². The summed E-state index contributed by atoms with van der Waals surface area (Å²) in [4.78, 5) is 11.1.